The normalized spacial score (nSPS) is 22.7. The minimum atomic E-state index is -1.34. The van der Waals surface area contributed by atoms with E-state index in [2.05, 4.69) is 5.32 Å². The number of carbonyl (C=O) groups excluding carboxylic acids is 4. The van der Waals surface area contributed by atoms with E-state index in [0.717, 1.165) is 0 Å². The topological polar surface area (TPSA) is 111 Å². The van der Waals surface area contributed by atoms with E-state index in [1.165, 1.54) is 24.9 Å². The van der Waals surface area contributed by atoms with Crippen LogP contribution >= 0.6 is 0 Å². The van der Waals surface area contributed by atoms with E-state index in [1.54, 1.807) is 0 Å². The number of hydrogen-bond acceptors (Lipinski definition) is 8. The van der Waals surface area contributed by atoms with Crippen molar-refractivity contribution in [1.82, 2.24) is 10.2 Å². The minimum Gasteiger partial charge on any atom is -0.466 e. The van der Waals surface area contributed by atoms with E-state index in [4.69, 9.17) is 14.2 Å². The zero-order chi connectivity index (χ0) is 18.6. The average molecular weight is 354 g/mol. The van der Waals surface area contributed by atoms with Crippen LogP contribution in [0.4, 0.5) is 0 Å². The third-order valence-electron chi connectivity index (χ3n) is 3.61. The summed E-state index contributed by atoms with van der Waals surface area (Å²) in [5.41, 5.74) is -0.319. The first-order valence-corrected chi connectivity index (χ1v) is 8.11. The van der Waals surface area contributed by atoms with Crippen LogP contribution < -0.4 is 5.32 Å². The van der Waals surface area contributed by atoms with E-state index < -0.39 is 29.7 Å². The van der Waals surface area contributed by atoms with Gasteiger partial charge >= 0.3 is 17.9 Å². The van der Waals surface area contributed by atoms with Gasteiger partial charge in [0, 0.05) is 33.1 Å². The molecule has 0 radical (unpaired) electrons. The van der Waals surface area contributed by atoms with E-state index in [1.807, 2.05) is 6.92 Å². The highest BCUT2D eigenvalue weighted by molar-refractivity contribution is 6.15. The number of amides is 1. The molecular weight excluding hydrogens is 332 g/mol. The van der Waals surface area contributed by atoms with Gasteiger partial charge in [0.25, 0.3) is 5.79 Å². The summed E-state index contributed by atoms with van der Waals surface area (Å²) in [5.74, 6) is -3.91. The van der Waals surface area contributed by atoms with Gasteiger partial charge < -0.3 is 24.4 Å². The van der Waals surface area contributed by atoms with Crippen LogP contribution in [0.1, 0.15) is 33.6 Å². The van der Waals surface area contributed by atoms with E-state index in [-0.39, 0.29) is 24.5 Å². The van der Waals surface area contributed by atoms with E-state index in [9.17, 15) is 19.2 Å². The molecule has 2 aliphatic rings. The molecule has 25 heavy (non-hydrogen) atoms. The summed E-state index contributed by atoms with van der Waals surface area (Å²) in [7, 11) is 0. The molecule has 1 atom stereocenters. The number of rotatable bonds is 5. The molecule has 0 aromatic rings. The van der Waals surface area contributed by atoms with Crippen molar-refractivity contribution in [2.45, 2.75) is 45.4 Å². The van der Waals surface area contributed by atoms with Gasteiger partial charge in [-0.2, -0.15) is 0 Å². The van der Waals surface area contributed by atoms with E-state index >= 15 is 0 Å². The van der Waals surface area contributed by atoms with Gasteiger partial charge in [-0.1, -0.05) is 6.92 Å². The Kier molecular flexibility index (Phi) is 5.66. The fourth-order valence-corrected chi connectivity index (χ4v) is 2.46. The van der Waals surface area contributed by atoms with Crippen LogP contribution in [0.25, 0.3) is 0 Å². The molecule has 1 N–H and O–H groups in total. The molecule has 1 amide bonds. The zero-order valence-electron chi connectivity index (χ0n) is 14.5. The van der Waals surface area contributed by atoms with Crippen LogP contribution in [0.2, 0.25) is 0 Å². The number of carbonyl (C=O) groups is 4. The van der Waals surface area contributed by atoms with Gasteiger partial charge in [-0.25, -0.2) is 9.59 Å². The van der Waals surface area contributed by atoms with Crippen molar-refractivity contribution in [3.05, 3.63) is 11.8 Å². The first-order chi connectivity index (χ1) is 11.7. The monoisotopic (exact) mass is 354 g/mol. The molecule has 0 aliphatic carbocycles. The standard InChI is InChI=1S/C16H22N2O7/c1-4-7-23-12(19)8-11-13(20)17-5-6-18(11)9-10-14(21)24-16(2,3)25-15(10)22/h9,11H,4-8H2,1-3H3,(H,17,20). The maximum absolute atomic E-state index is 12.1. The van der Waals surface area contributed by atoms with Gasteiger partial charge in [0.1, 0.15) is 6.04 Å². The molecule has 138 valence electrons. The molecule has 2 heterocycles. The van der Waals surface area contributed by atoms with Crippen molar-refractivity contribution in [3.63, 3.8) is 0 Å². The number of piperazine rings is 1. The molecule has 0 aromatic heterocycles. The second-order valence-corrected chi connectivity index (χ2v) is 6.19. The number of cyclic esters (lactones) is 2. The summed E-state index contributed by atoms with van der Waals surface area (Å²) in [6.07, 6.45) is 1.70. The Hall–Kier alpha value is -2.58. The Labute approximate surface area is 145 Å². The predicted octanol–water partition coefficient (Wildman–Crippen LogP) is -0.150. The van der Waals surface area contributed by atoms with Crippen LogP contribution in [0.5, 0.6) is 0 Å². The summed E-state index contributed by atoms with van der Waals surface area (Å²) >= 11 is 0. The number of nitrogens with zero attached hydrogens (tertiary/aromatic N) is 1. The van der Waals surface area contributed by atoms with Crippen molar-refractivity contribution in [1.29, 1.82) is 0 Å². The molecule has 1 unspecified atom stereocenters. The third kappa shape index (κ3) is 4.71. The Morgan fingerprint density at radius 1 is 1.32 bits per heavy atom. The summed E-state index contributed by atoms with van der Waals surface area (Å²) < 4.78 is 15.1. The molecule has 2 rings (SSSR count). The third-order valence-corrected chi connectivity index (χ3v) is 3.61. The highest BCUT2D eigenvalue weighted by Gasteiger charge is 2.40. The summed E-state index contributed by atoms with van der Waals surface area (Å²) in [4.78, 5) is 49.5. The maximum atomic E-state index is 12.1. The van der Waals surface area contributed by atoms with Gasteiger partial charge in [-0.3, -0.25) is 9.59 Å². The quantitative estimate of drug-likeness (QED) is 0.412. The Morgan fingerprint density at radius 2 is 1.96 bits per heavy atom. The Bertz CT molecular complexity index is 590. The van der Waals surface area contributed by atoms with Crippen LogP contribution in [0.3, 0.4) is 0 Å². The molecular formula is C16H22N2O7. The van der Waals surface area contributed by atoms with Crippen molar-refractivity contribution < 1.29 is 33.4 Å². The summed E-state index contributed by atoms with van der Waals surface area (Å²) in [5, 5.41) is 2.65. The highest BCUT2D eigenvalue weighted by Crippen LogP contribution is 2.24. The molecule has 0 spiro atoms. The lowest BCUT2D eigenvalue weighted by Gasteiger charge is -2.35. The maximum Gasteiger partial charge on any atom is 0.350 e. The molecule has 0 bridgehead atoms. The molecule has 2 fully saturated rings. The second-order valence-electron chi connectivity index (χ2n) is 6.19. The predicted molar refractivity (Wildman–Crippen MR) is 83.7 cm³/mol. The molecule has 2 aliphatic heterocycles. The van der Waals surface area contributed by atoms with Gasteiger partial charge in [0.15, 0.2) is 5.57 Å². The molecule has 9 heteroatoms. The van der Waals surface area contributed by atoms with Gasteiger partial charge in [-0.15, -0.1) is 0 Å². The lowest BCUT2D eigenvalue weighted by atomic mass is 10.1. The molecule has 0 saturated carbocycles. The smallest absolute Gasteiger partial charge is 0.350 e. The summed E-state index contributed by atoms with van der Waals surface area (Å²) in [6.45, 7) is 5.66. The molecule has 0 aromatic carbocycles. The zero-order valence-corrected chi connectivity index (χ0v) is 14.5. The Morgan fingerprint density at radius 3 is 2.56 bits per heavy atom. The number of esters is 3. The lowest BCUT2D eigenvalue weighted by Crippen LogP contribution is -2.54. The Balaban J connectivity index is 2.16. The minimum absolute atomic E-state index is 0.189. The molecule has 2 saturated heterocycles. The second kappa shape index (κ2) is 7.54. The largest absolute Gasteiger partial charge is 0.466 e. The number of ether oxygens (including phenoxy) is 3. The van der Waals surface area contributed by atoms with Crippen LogP contribution in [-0.2, 0) is 33.4 Å². The SMILES string of the molecule is CCCOC(=O)CC1C(=O)NCCN1C=C1C(=O)OC(C)(C)OC1=O. The number of nitrogens with one attached hydrogen (secondary N) is 1. The van der Waals surface area contributed by atoms with E-state index in [0.29, 0.717) is 19.5 Å². The van der Waals surface area contributed by atoms with Crippen LogP contribution in [0.15, 0.2) is 11.8 Å². The van der Waals surface area contributed by atoms with Crippen molar-refractivity contribution in [2.24, 2.45) is 0 Å². The summed E-state index contributed by atoms with van der Waals surface area (Å²) in [6, 6.07) is -0.874. The average Bonchev–Trinajstić information content (AvgIpc) is 2.51. The van der Waals surface area contributed by atoms with Crippen molar-refractivity contribution in [3.8, 4) is 0 Å². The van der Waals surface area contributed by atoms with Crippen LogP contribution in [0, 0.1) is 0 Å². The first-order valence-electron chi connectivity index (χ1n) is 8.11. The van der Waals surface area contributed by atoms with Gasteiger partial charge in [-0.05, 0) is 6.42 Å². The molecule has 9 nitrogen and oxygen atoms in total. The fourth-order valence-electron chi connectivity index (χ4n) is 2.46. The number of hydrogen-bond donors (Lipinski definition) is 1. The first kappa shape index (κ1) is 18.8. The van der Waals surface area contributed by atoms with Gasteiger partial charge in [0.2, 0.25) is 5.91 Å². The lowest BCUT2D eigenvalue weighted by molar-refractivity contribution is -0.222. The van der Waals surface area contributed by atoms with Crippen molar-refractivity contribution in [2.75, 3.05) is 19.7 Å². The van der Waals surface area contributed by atoms with Crippen LogP contribution in [-0.4, -0.2) is 60.2 Å². The van der Waals surface area contributed by atoms with Crippen molar-refractivity contribution >= 4 is 23.8 Å². The van der Waals surface area contributed by atoms with Gasteiger partial charge in [0.05, 0.1) is 13.0 Å². The fraction of sp³-hybridized carbons (Fsp3) is 0.625. The highest BCUT2D eigenvalue weighted by atomic mass is 16.7.